The normalized spacial score (nSPS) is 11.6. The Balaban J connectivity index is 2.34. The van der Waals surface area contributed by atoms with Gasteiger partial charge in [0.05, 0.1) is 5.69 Å². The first-order valence-corrected chi connectivity index (χ1v) is 6.02. The zero-order chi connectivity index (χ0) is 12.3. The van der Waals surface area contributed by atoms with Crippen LogP contribution in [0.15, 0.2) is 58.4 Å². The summed E-state index contributed by atoms with van der Waals surface area (Å²) in [5.74, 6) is 0. The zero-order valence-corrected chi connectivity index (χ0v) is 10.9. The maximum absolute atomic E-state index is 4.60. The minimum atomic E-state index is 0.902. The molecule has 0 fully saturated rings. The number of para-hydroxylation sites is 1. The first kappa shape index (κ1) is 11.9. The van der Waals surface area contributed by atoms with E-state index in [1.165, 1.54) is 5.56 Å². The van der Waals surface area contributed by atoms with Gasteiger partial charge in [-0.25, -0.2) is 0 Å². The number of hydrogen-bond donors (Lipinski definition) is 1. The Morgan fingerprint density at radius 1 is 1.00 bits per heavy atom. The molecule has 0 N–H and O–H groups in total. The third-order valence-electron chi connectivity index (χ3n) is 2.64. The van der Waals surface area contributed by atoms with Crippen molar-refractivity contribution in [2.45, 2.75) is 18.7 Å². The quantitative estimate of drug-likeness (QED) is 0.590. The molecule has 0 aliphatic carbocycles. The van der Waals surface area contributed by atoms with Crippen molar-refractivity contribution in [3.8, 4) is 0 Å². The highest BCUT2D eigenvalue weighted by molar-refractivity contribution is 7.80. The fourth-order valence-corrected chi connectivity index (χ4v) is 1.81. The van der Waals surface area contributed by atoms with Crippen LogP contribution in [0.4, 0.5) is 5.69 Å². The van der Waals surface area contributed by atoms with E-state index in [1.54, 1.807) is 0 Å². The molecule has 0 saturated carbocycles. The molecule has 0 amide bonds. The van der Waals surface area contributed by atoms with Gasteiger partial charge in [-0.1, -0.05) is 42.0 Å². The summed E-state index contributed by atoms with van der Waals surface area (Å²) in [5.41, 5.74) is 4.32. The molecule has 2 aromatic rings. The first-order chi connectivity index (χ1) is 8.16. The molecule has 2 rings (SSSR count). The highest BCUT2D eigenvalue weighted by atomic mass is 32.1. The van der Waals surface area contributed by atoms with Gasteiger partial charge < -0.3 is 0 Å². The van der Waals surface area contributed by atoms with Crippen molar-refractivity contribution >= 4 is 24.0 Å². The van der Waals surface area contributed by atoms with Gasteiger partial charge in [0.25, 0.3) is 0 Å². The molecule has 17 heavy (non-hydrogen) atoms. The molecule has 86 valence electrons. The number of aliphatic imine (C=N–C) groups is 1. The summed E-state index contributed by atoms with van der Waals surface area (Å²) >= 11 is 4.39. The van der Waals surface area contributed by atoms with E-state index in [9.17, 15) is 0 Å². The van der Waals surface area contributed by atoms with E-state index in [2.05, 4.69) is 48.8 Å². The van der Waals surface area contributed by atoms with Crippen molar-refractivity contribution < 1.29 is 0 Å². The number of thiol groups is 1. The average Bonchev–Trinajstić information content (AvgIpc) is 2.33. The molecule has 0 aromatic heterocycles. The van der Waals surface area contributed by atoms with Crippen molar-refractivity contribution in [3.63, 3.8) is 0 Å². The molecular formula is C15H15NS. The molecule has 0 radical (unpaired) electrons. The van der Waals surface area contributed by atoms with Crippen LogP contribution in [0.3, 0.4) is 0 Å². The predicted molar refractivity (Wildman–Crippen MR) is 76.7 cm³/mol. The van der Waals surface area contributed by atoms with E-state index in [0.717, 1.165) is 21.9 Å². The lowest BCUT2D eigenvalue weighted by molar-refractivity contribution is 1.36. The van der Waals surface area contributed by atoms with Crippen LogP contribution < -0.4 is 0 Å². The summed E-state index contributed by atoms with van der Waals surface area (Å²) in [6.07, 6.45) is 0. The van der Waals surface area contributed by atoms with E-state index in [-0.39, 0.29) is 0 Å². The van der Waals surface area contributed by atoms with Gasteiger partial charge in [-0.2, -0.15) is 0 Å². The molecule has 2 aromatic carbocycles. The minimum absolute atomic E-state index is 0.902. The first-order valence-electron chi connectivity index (χ1n) is 5.57. The van der Waals surface area contributed by atoms with Gasteiger partial charge in [-0.05, 0) is 31.5 Å². The van der Waals surface area contributed by atoms with Crippen LogP contribution in [0.1, 0.15) is 18.1 Å². The lowest BCUT2D eigenvalue weighted by atomic mass is 10.1. The van der Waals surface area contributed by atoms with Gasteiger partial charge in [-0.15, -0.1) is 12.6 Å². The minimum Gasteiger partial charge on any atom is -0.252 e. The van der Waals surface area contributed by atoms with E-state index in [0.29, 0.717) is 0 Å². The van der Waals surface area contributed by atoms with Crippen LogP contribution in [0.5, 0.6) is 0 Å². The fraction of sp³-hybridized carbons (Fsp3) is 0.133. The Morgan fingerprint density at radius 2 is 1.65 bits per heavy atom. The highest BCUT2D eigenvalue weighted by Crippen LogP contribution is 2.23. The maximum Gasteiger partial charge on any atom is 0.0766 e. The summed E-state index contributed by atoms with van der Waals surface area (Å²) in [7, 11) is 0. The second-order valence-electron chi connectivity index (χ2n) is 4.05. The van der Waals surface area contributed by atoms with Crippen LogP contribution in [-0.2, 0) is 0 Å². The lowest BCUT2D eigenvalue weighted by Gasteiger charge is -2.03. The molecule has 0 spiro atoms. The van der Waals surface area contributed by atoms with Gasteiger partial charge in [0, 0.05) is 10.6 Å². The molecule has 2 heteroatoms. The standard InChI is InChI=1S/C15H15NS/c1-11-7-9-13(10-8-11)12(2)16-14-5-3-4-6-15(14)17/h3-10,17H,1-2H3. The number of aryl methyl sites for hydroxylation is 1. The van der Waals surface area contributed by atoms with Crippen LogP contribution in [-0.4, -0.2) is 5.71 Å². The van der Waals surface area contributed by atoms with Crippen LogP contribution >= 0.6 is 12.6 Å². The lowest BCUT2D eigenvalue weighted by Crippen LogP contribution is -1.93. The molecule has 0 unspecified atom stereocenters. The van der Waals surface area contributed by atoms with Crippen molar-refractivity contribution in [2.24, 2.45) is 4.99 Å². The molecule has 0 aliphatic rings. The second-order valence-corrected chi connectivity index (χ2v) is 4.53. The predicted octanol–water partition coefficient (Wildman–Crippen LogP) is 4.42. The van der Waals surface area contributed by atoms with E-state index in [1.807, 2.05) is 31.2 Å². The third kappa shape index (κ3) is 2.98. The van der Waals surface area contributed by atoms with Crippen molar-refractivity contribution in [1.29, 1.82) is 0 Å². The largest absolute Gasteiger partial charge is 0.252 e. The summed E-state index contributed by atoms with van der Waals surface area (Å²) < 4.78 is 0. The second kappa shape index (κ2) is 5.19. The van der Waals surface area contributed by atoms with Gasteiger partial charge in [-0.3, -0.25) is 4.99 Å². The SMILES string of the molecule is CC(=Nc1ccccc1S)c1ccc(C)cc1. The fourth-order valence-electron chi connectivity index (χ4n) is 1.60. The highest BCUT2D eigenvalue weighted by Gasteiger charge is 1.99. The summed E-state index contributed by atoms with van der Waals surface area (Å²) in [5, 5.41) is 0. The zero-order valence-electron chi connectivity index (χ0n) is 10.0. The molecular weight excluding hydrogens is 226 g/mol. The summed E-state index contributed by atoms with van der Waals surface area (Å²) in [6.45, 7) is 4.10. The Hall–Kier alpha value is -1.54. The maximum atomic E-state index is 4.60. The summed E-state index contributed by atoms with van der Waals surface area (Å²) in [6, 6.07) is 16.2. The topological polar surface area (TPSA) is 12.4 Å². The van der Waals surface area contributed by atoms with Crippen LogP contribution in [0, 0.1) is 6.92 Å². The van der Waals surface area contributed by atoms with Crippen molar-refractivity contribution in [3.05, 3.63) is 59.7 Å². The Labute approximate surface area is 108 Å². The smallest absolute Gasteiger partial charge is 0.0766 e. The monoisotopic (exact) mass is 241 g/mol. The molecule has 0 aliphatic heterocycles. The molecule has 0 heterocycles. The van der Waals surface area contributed by atoms with E-state index < -0.39 is 0 Å². The Morgan fingerprint density at radius 3 is 2.29 bits per heavy atom. The van der Waals surface area contributed by atoms with Crippen LogP contribution in [0.25, 0.3) is 0 Å². The van der Waals surface area contributed by atoms with Crippen molar-refractivity contribution in [1.82, 2.24) is 0 Å². The number of hydrogen-bond acceptors (Lipinski definition) is 2. The van der Waals surface area contributed by atoms with Gasteiger partial charge >= 0.3 is 0 Å². The third-order valence-corrected chi connectivity index (χ3v) is 3.02. The van der Waals surface area contributed by atoms with E-state index in [4.69, 9.17) is 0 Å². The number of benzene rings is 2. The average molecular weight is 241 g/mol. The van der Waals surface area contributed by atoms with E-state index >= 15 is 0 Å². The number of rotatable bonds is 2. The number of nitrogens with zero attached hydrogens (tertiary/aromatic N) is 1. The Bertz CT molecular complexity index is 541. The van der Waals surface area contributed by atoms with Gasteiger partial charge in [0.15, 0.2) is 0 Å². The Kier molecular flexibility index (Phi) is 3.64. The summed E-state index contributed by atoms with van der Waals surface area (Å²) in [4.78, 5) is 5.50. The van der Waals surface area contributed by atoms with Crippen LogP contribution in [0.2, 0.25) is 0 Å². The molecule has 0 saturated heterocycles. The molecule has 0 atom stereocenters. The molecule has 1 nitrogen and oxygen atoms in total. The van der Waals surface area contributed by atoms with Crippen molar-refractivity contribution in [2.75, 3.05) is 0 Å². The van der Waals surface area contributed by atoms with Gasteiger partial charge in [0.1, 0.15) is 0 Å². The van der Waals surface area contributed by atoms with Gasteiger partial charge in [0.2, 0.25) is 0 Å². The molecule has 0 bridgehead atoms.